The Morgan fingerprint density at radius 1 is 0.577 bits per heavy atom. The Morgan fingerprint density at radius 2 is 0.981 bits per heavy atom. The zero-order chi connectivity index (χ0) is 38.6. The first-order chi connectivity index (χ1) is 25.0. The number of phosphoric acid groups is 1. The predicted octanol–water partition coefficient (Wildman–Crippen LogP) is 11.8. The molecule has 0 aromatic carbocycles. The zero-order valence-corrected chi connectivity index (χ0v) is 35.5. The molecule has 0 aromatic rings. The lowest BCUT2D eigenvalue weighted by atomic mass is 10.1. The first-order valence-electron chi connectivity index (χ1n) is 21.4. The highest BCUT2D eigenvalue weighted by atomic mass is 31.2. The Kier molecular flexibility index (Phi) is 34.6. The number of hydrogen-bond donors (Lipinski definition) is 1. The Morgan fingerprint density at radius 3 is 1.42 bits per heavy atom. The van der Waals surface area contributed by atoms with Gasteiger partial charge in [-0.05, 0) is 38.5 Å². The minimum absolute atomic E-state index is 0.0337. The van der Waals surface area contributed by atoms with Crippen LogP contribution in [-0.2, 0) is 32.7 Å². The fraction of sp³-hybridized carbons (Fsp3) is 0.905. The number of allylic oxidation sites excluding steroid dienone is 2. The van der Waals surface area contributed by atoms with E-state index >= 15 is 0 Å². The molecule has 308 valence electrons. The zero-order valence-electron chi connectivity index (χ0n) is 34.6. The molecule has 1 N–H and O–H groups in total. The van der Waals surface area contributed by atoms with Gasteiger partial charge in [-0.3, -0.25) is 18.6 Å². The molecule has 0 rings (SSSR count). The Hall–Kier alpha value is -1.25. The van der Waals surface area contributed by atoms with Gasteiger partial charge in [0.05, 0.1) is 27.7 Å². The molecule has 0 radical (unpaired) electrons. The van der Waals surface area contributed by atoms with E-state index in [9.17, 15) is 19.0 Å². The maximum atomic E-state index is 12.7. The van der Waals surface area contributed by atoms with E-state index in [4.69, 9.17) is 18.5 Å². The monoisotopic (exact) mass is 761 g/mol. The van der Waals surface area contributed by atoms with Crippen LogP contribution in [0.3, 0.4) is 0 Å². The average molecular weight is 761 g/mol. The maximum absolute atomic E-state index is 12.7. The van der Waals surface area contributed by atoms with Crippen molar-refractivity contribution in [3.63, 3.8) is 0 Å². The van der Waals surface area contributed by atoms with Crippen molar-refractivity contribution in [3.05, 3.63) is 12.2 Å². The number of ether oxygens (including phenoxy) is 2. The number of phosphoric ester groups is 1. The van der Waals surface area contributed by atoms with E-state index in [1.165, 1.54) is 116 Å². The van der Waals surface area contributed by atoms with Crippen LogP contribution in [0, 0.1) is 0 Å². The van der Waals surface area contributed by atoms with E-state index in [1.807, 2.05) is 21.1 Å². The van der Waals surface area contributed by atoms with Gasteiger partial charge in [-0.15, -0.1) is 0 Å². The van der Waals surface area contributed by atoms with Crippen LogP contribution in [0.2, 0.25) is 0 Å². The summed E-state index contributed by atoms with van der Waals surface area (Å²) in [5, 5.41) is 0. The van der Waals surface area contributed by atoms with Gasteiger partial charge in [0.2, 0.25) is 0 Å². The summed E-state index contributed by atoms with van der Waals surface area (Å²) in [6, 6.07) is 0. The predicted molar refractivity (Wildman–Crippen MR) is 215 cm³/mol. The molecule has 0 aliphatic heterocycles. The number of carbonyl (C=O) groups is 2. The van der Waals surface area contributed by atoms with Crippen molar-refractivity contribution >= 4 is 19.8 Å². The van der Waals surface area contributed by atoms with E-state index in [0.29, 0.717) is 23.9 Å². The van der Waals surface area contributed by atoms with Crippen LogP contribution in [0.15, 0.2) is 12.2 Å². The van der Waals surface area contributed by atoms with Crippen molar-refractivity contribution in [2.24, 2.45) is 0 Å². The van der Waals surface area contributed by atoms with Crippen LogP contribution in [0.1, 0.15) is 194 Å². The minimum atomic E-state index is -4.37. The van der Waals surface area contributed by atoms with Gasteiger partial charge in [0, 0.05) is 12.8 Å². The van der Waals surface area contributed by atoms with E-state index in [-0.39, 0.29) is 25.6 Å². The van der Waals surface area contributed by atoms with Crippen molar-refractivity contribution in [2.45, 2.75) is 200 Å². The summed E-state index contributed by atoms with van der Waals surface area (Å²) >= 11 is 0. The van der Waals surface area contributed by atoms with Gasteiger partial charge >= 0.3 is 19.8 Å². The molecule has 0 aromatic heterocycles. The summed E-state index contributed by atoms with van der Waals surface area (Å²) in [5.74, 6) is -0.798. The molecular weight excluding hydrogens is 677 g/mol. The Labute approximate surface area is 320 Å². The minimum Gasteiger partial charge on any atom is -0.462 e. The molecule has 0 fully saturated rings. The smallest absolute Gasteiger partial charge is 0.462 e. The van der Waals surface area contributed by atoms with Crippen LogP contribution < -0.4 is 0 Å². The van der Waals surface area contributed by atoms with Crippen molar-refractivity contribution in [1.82, 2.24) is 0 Å². The average Bonchev–Trinajstić information content (AvgIpc) is 3.09. The Balaban J connectivity index is 4.32. The van der Waals surface area contributed by atoms with Crippen LogP contribution >= 0.6 is 7.82 Å². The van der Waals surface area contributed by atoms with Gasteiger partial charge in [-0.1, -0.05) is 154 Å². The topological polar surface area (TPSA) is 108 Å². The highest BCUT2D eigenvalue weighted by molar-refractivity contribution is 7.47. The molecule has 0 aliphatic rings. The quantitative estimate of drug-likeness (QED) is 0.0217. The summed E-state index contributed by atoms with van der Waals surface area (Å²) in [6.07, 6.45) is 35.4. The van der Waals surface area contributed by atoms with Crippen LogP contribution in [0.4, 0.5) is 0 Å². The molecule has 0 heterocycles. The first kappa shape index (κ1) is 50.8. The van der Waals surface area contributed by atoms with Gasteiger partial charge in [0.1, 0.15) is 19.8 Å². The molecule has 0 saturated heterocycles. The second-order valence-electron chi connectivity index (χ2n) is 15.7. The fourth-order valence-corrected chi connectivity index (χ4v) is 6.63. The summed E-state index contributed by atoms with van der Waals surface area (Å²) in [7, 11) is 1.48. The van der Waals surface area contributed by atoms with E-state index in [1.54, 1.807) is 0 Å². The molecule has 2 atom stereocenters. The standard InChI is InChI=1S/C42H82NO8P/c1-6-8-10-12-14-16-18-19-20-21-22-23-24-25-27-29-31-33-35-42(45)51-40(39-50-52(46,47)49-37-36-43(3,4)5)38-48-41(44)34-32-30-28-26-17-15-13-11-9-7-2/h20-21,40H,6-19,22-39H2,1-5H3/p+1/b21-20-. The van der Waals surface area contributed by atoms with Gasteiger partial charge in [-0.2, -0.15) is 0 Å². The summed E-state index contributed by atoms with van der Waals surface area (Å²) < 4.78 is 34.2. The normalized spacial score (nSPS) is 13.7. The van der Waals surface area contributed by atoms with Crippen molar-refractivity contribution in [3.8, 4) is 0 Å². The molecule has 10 heteroatoms. The second kappa shape index (κ2) is 35.5. The molecule has 2 unspecified atom stereocenters. The lowest BCUT2D eigenvalue weighted by Crippen LogP contribution is -2.37. The Bertz CT molecular complexity index is 907. The SMILES string of the molecule is CCCCCCCCC/C=C\CCCCCCCCCC(=O)OC(COC(=O)CCCCCCCCCCCC)COP(=O)(O)OCC[N+](C)(C)C. The van der Waals surface area contributed by atoms with Crippen molar-refractivity contribution < 1.29 is 42.1 Å². The molecule has 0 amide bonds. The van der Waals surface area contributed by atoms with Crippen molar-refractivity contribution in [1.29, 1.82) is 0 Å². The molecule has 0 aliphatic carbocycles. The first-order valence-corrected chi connectivity index (χ1v) is 22.9. The van der Waals surface area contributed by atoms with E-state index in [2.05, 4.69) is 26.0 Å². The van der Waals surface area contributed by atoms with Gasteiger partial charge in [0.15, 0.2) is 6.10 Å². The van der Waals surface area contributed by atoms with E-state index < -0.39 is 26.5 Å². The number of quaternary nitrogens is 1. The number of likely N-dealkylation sites (N-methyl/N-ethyl adjacent to an activating group) is 1. The maximum Gasteiger partial charge on any atom is 0.472 e. The second-order valence-corrected chi connectivity index (χ2v) is 17.2. The van der Waals surface area contributed by atoms with Crippen LogP contribution in [0.5, 0.6) is 0 Å². The fourth-order valence-electron chi connectivity index (χ4n) is 5.89. The van der Waals surface area contributed by atoms with Gasteiger partial charge in [0.25, 0.3) is 0 Å². The molecule has 0 bridgehead atoms. The molecule has 52 heavy (non-hydrogen) atoms. The molecule has 0 spiro atoms. The number of nitrogens with zero attached hydrogens (tertiary/aromatic N) is 1. The van der Waals surface area contributed by atoms with Crippen LogP contribution in [-0.4, -0.2) is 74.9 Å². The third kappa shape index (κ3) is 38.5. The number of hydrogen-bond acceptors (Lipinski definition) is 7. The lowest BCUT2D eigenvalue weighted by molar-refractivity contribution is -0.870. The molecular formula is C42H83NO8P+. The third-order valence-electron chi connectivity index (χ3n) is 9.30. The van der Waals surface area contributed by atoms with E-state index in [0.717, 1.165) is 44.9 Å². The summed E-state index contributed by atoms with van der Waals surface area (Å²) in [4.78, 5) is 35.2. The van der Waals surface area contributed by atoms with Gasteiger partial charge in [-0.25, -0.2) is 4.57 Å². The highest BCUT2D eigenvalue weighted by Gasteiger charge is 2.27. The summed E-state index contributed by atoms with van der Waals surface area (Å²) in [6.45, 7) is 4.41. The highest BCUT2D eigenvalue weighted by Crippen LogP contribution is 2.43. The number of esters is 2. The molecule has 9 nitrogen and oxygen atoms in total. The number of rotatable bonds is 39. The largest absolute Gasteiger partial charge is 0.472 e. The summed E-state index contributed by atoms with van der Waals surface area (Å²) in [5.41, 5.74) is 0. The third-order valence-corrected chi connectivity index (χ3v) is 10.3. The van der Waals surface area contributed by atoms with Gasteiger partial charge < -0.3 is 18.9 Å². The number of unbranched alkanes of at least 4 members (excludes halogenated alkanes) is 23. The number of carbonyl (C=O) groups excluding carboxylic acids is 2. The van der Waals surface area contributed by atoms with Crippen molar-refractivity contribution in [2.75, 3.05) is 47.5 Å². The lowest BCUT2D eigenvalue weighted by Gasteiger charge is -2.24. The van der Waals surface area contributed by atoms with Crippen LogP contribution in [0.25, 0.3) is 0 Å². The molecule has 0 saturated carbocycles.